The maximum absolute atomic E-state index is 11.5. The van der Waals surface area contributed by atoms with Crippen molar-refractivity contribution in [3.8, 4) is 0 Å². The molecule has 1 aliphatic heterocycles. The summed E-state index contributed by atoms with van der Waals surface area (Å²) in [5, 5.41) is 11.8. The fourth-order valence-electron chi connectivity index (χ4n) is 2.17. The molecule has 0 unspecified atom stereocenters. The average molecular weight is 299 g/mol. The Hall–Kier alpha value is -1.87. The van der Waals surface area contributed by atoms with Crippen LogP contribution >= 0.6 is 0 Å². The third-order valence-electron chi connectivity index (χ3n) is 3.23. The van der Waals surface area contributed by atoms with Gasteiger partial charge in [-0.15, -0.1) is 0 Å². The van der Waals surface area contributed by atoms with Crippen LogP contribution in [0.4, 0.5) is 5.69 Å². The maximum Gasteiger partial charge on any atom is 0.211 e. The van der Waals surface area contributed by atoms with Gasteiger partial charge in [0, 0.05) is 37.9 Å². The highest BCUT2D eigenvalue weighted by atomic mass is 32.2. The van der Waals surface area contributed by atoms with Gasteiger partial charge in [-0.2, -0.15) is 4.31 Å². The van der Waals surface area contributed by atoms with Crippen molar-refractivity contribution in [2.45, 2.75) is 0 Å². The van der Waals surface area contributed by atoms with E-state index < -0.39 is 10.0 Å². The number of nitrogens with zero attached hydrogens (tertiary/aromatic N) is 4. The van der Waals surface area contributed by atoms with Crippen molar-refractivity contribution in [2.75, 3.05) is 37.3 Å². The molecule has 0 aliphatic carbocycles. The summed E-state index contributed by atoms with van der Waals surface area (Å²) < 4.78 is 24.4. The van der Waals surface area contributed by atoms with Crippen molar-refractivity contribution in [3.63, 3.8) is 0 Å². The summed E-state index contributed by atoms with van der Waals surface area (Å²) in [5.74, 6) is 0.00735. The van der Waals surface area contributed by atoms with E-state index in [2.05, 4.69) is 10.1 Å². The first kappa shape index (κ1) is 14.5. The normalized spacial score (nSPS) is 18.2. The Bertz CT molecular complexity index is 608. The van der Waals surface area contributed by atoms with E-state index >= 15 is 0 Å². The molecule has 1 aromatic rings. The fourth-order valence-corrected chi connectivity index (χ4v) is 3.00. The van der Waals surface area contributed by atoms with Crippen LogP contribution in [0.15, 0.2) is 23.6 Å². The lowest BCUT2D eigenvalue weighted by Crippen LogP contribution is -2.48. The van der Waals surface area contributed by atoms with E-state index in [1.54, 1.807) is 18.5 Å². The smallest absolute Gasteiger partial charge is 0.211 e. The maximum atomic E-state index is 11.5. The van der Waals surface area contributed by atoms with Crippen LogP contribution in [-0.2, 0) is 10.0 Å². The Labute approximate surface area is 117 Å². The van der Waals surface area contributed by atoms with Gasteiger partial charge in [0.05, 0.1) is 18.1 Å². The molecule has 0 bridgehead atoms. The van der Waals surface area contributed by atoms with Gasteiger partial charge in [0.2, 0.25) is 10.0 Å². The van der Waals surface area contributed by atoms with Crippen LogP contribution in [0.3, 0.4) is 0 Å². The first-order valence-corrected chi connectivity index (χ1v) is 7.90. The summed E-state index contributed by atoms with van der Waals surface area (Å²) >= 11 is 0. The first-order chi connectivity index (χ1) is 9.43. The SMILES string of the molecule is CS(=O)(=O)N1CCN(c2cnccc2/C(N)=N/O)CC1. The Morgan fingerprint density at radius 2 is 2.05 bits per heavy atom. The number of amidine groups is 1. The summed E-state index contributed by atoms with van der Waals surface area (Å²) in [4.78, 5) is 6.01. The van der Waals surface area contributed by atoms with Gasteiger partial charge >= 0.3 is 0 Å². The van der Waals surface area contributed by atoms with Crippen LogP contribution in [0.1, 0.15) is 5.56 Å². The van der Waals surface area contributed by atoms with E-state index in [0.29, 0.717) is 31.7 Å². The third-order valence-corrected chi connectivity index (χ3v) is 4.54. The van der Waals surface area contributed by atoms with Crippen LogP contribution in [-0.4, -0.2) is 61.2 Å². The number of anilines is 1. The number of hydrogen-bond acceptors (Lipinski definition) is 6. The van der Waals surface area contributed by atoms with Crippen molar-refractivity contribution >= 4 is 21.5 Å². The van der Waals surface area contributed by atoms with Crippen molar-refractivity contribution < 1.29 is 13.6 Å². The first-order valence-electron chi connectivity index (χ1n) is 6.05. The van der Waals surface area contributed by atoms with Crippen LogP contribution in [0.2, 0.25) is 0 Å². The van der Waals surface area contributed by atoms with Crippen LogP contribution in [0.5, 0.6) is 0 Å². The largest absolute Gasteiger partial charge is 0.409 e. The molecular weight excluding hydrogens is 282 g/mol. The molecule has 2 rings (SSSR count). The second-order valence-corrected chi connectivity index (χ2v) is 6.51. The quantitative estimate of drug-likeness (QED) is 0.329. The van der Waals surface area contributed by atoms with E-state index in [0.717, 1.165) is 5.69 Å². The lowest BCUT2D eigenvalue weighted by molar-refractivity contribution is 0.318. The van der Waals surface area contributed by atoms with E-state index in [1.165, 1.54) is 10.6 Å². The zero-order valence-corrected chi connectivity index (χ0v) is 11.9. The van der Waals surface area contributed by atoms with Gasteiger partial charge in [-0.05, 0) is 6.07 Å². The summed E-state index contributed by atoms with van der Waals surface area (Å²) in [6, 6.07) is 1.66. The molecule has 1 aliphatic rings. The molecule has 0 aromatic carbocycles. The lowest BCUT2D eigenvalue weighted by atomic mass is 10.2. The van der Waals surface area contributed by atoms with Crippen LogP contribution in [0.25, 0.3) is 0 Å². The number of sulfonamides is 1. The minimum atomic E-state index is -3.16. The van der Waals surface area contributed by atoms with Gasteiger partial charge in [-0.25, -0.2) is 8.42 Å². The van der Waals surface area contributed by atoms with Gasteiger partial charge in [0.15, 0.2) is 5.84 Å². The molecule has 0 amide bonds. The zero-order valence-electron chi connectivity index (χ0n) is 11.1. The highest BCUT2D eigenvalue weighted by molar-refractivity contribution is 7.88. The molecule has 110 valence electrons. The summed E-state index contributed by atoms with van der Waals surface area (Å²) in [7, 11) is -3.16. The minimum absolute atomic E-state index is 0.00735. The second kappa shape index (κ2) is 5.63. The highest BCUT2D eigenvalue weighted by Gasteiger charge is 2.25. The average Bonchev–Trinajstić information content (AvgIpc) is 2.45. The lowest BCUT2D eigenvalue weighted by Gasteiger charge is -2.35. The molecule has 1 saturated heterocycles. The zero-order chi connectivity index (χ0) is 14.8. The van der Waals surface area contributed by atoms with E-state index in [1.807, 2.05) is 4.90 Å². The second-order valence-electron chi connectivity index (χ2n) is 4.53. The van der Waals surface area contributed by atoms with Crippen molar-refractivity contribution in [3.05, 3.63) is 24.0 Å². The number of aromatic nitrogens is 1. The molecule has 0 radical (unpaired) electrons. The summed E-state index contributed by atoms with van der Waals surface area (Å²) in [6.45, 7) is 1.88. The van der Waals surface area contributed by atoms with E-state index in [9.17, 15) is 8.42 Å². The standard InChI is InChI=1S/C11H17N5O3S/c1-20(18,19)16-6-4-15(5-7-16)10-8-13-3-2-9(10)11(12)14-17/h2-3,8,17H,4-7H2,1H3,(H2,12,14). The molecule has 1 aromatic heterocycles. The molecule has 9 heteroatoms. The molecule has 0 saturated carbocycles. The Morgan fingerprint density at radius 1 is 1.40 bits per heavy atom. The van der Waals surface area contributed by atoms with Crippen molar-refractivity contribution in [2.24, 2.45) is 10.9 Å². The molecule has 3 N–H and O–H groups in total. The molecular formula is C11H17N5O3S. The number of pyridine rings is 1. The molecule has 0 atom stereocenters. The predicted octanol–water partition coefficient (Wildman–Crippen LogP) is -0.742. The van der Waals surface area contributed by atoms with Crippen LogP contribution in [0, 0.1) is 0 Å². The Morgan fingerprint density at radius 3 is 2.60 bits per heavy atom. The summed E-state index contributed by atoms with van der Waals surface area (Å²) in [5.41, 5.74) is 6.95. The van der Waals surface area contributed by atoms with E-state index in [4.69, 9.17) is 10.9 Å². The van der Waals surface area contributed by atoms with Crippen molar-refractivity contribution in [1.29, 1.82) is 0 Å². The molecule has 0 spiro atoms. The number of nitrogens with two attached hydrogens (primary N) is 1. The number of oxime groups is 1. The van der Waals surface area contributed by atoms with E-state index in [-0.39, 0.29) is 5.84 Å². The Kier molecular flexibility index (Phi) is 4.09. The monoisotopic (exact) mass is 299 g/mol. The van der Waals surface area contributed by atoms with Gasteiger partial charge < -0.3 is 15.8 Å². The number of rotatable bonds is 3. The molecule has 2 heterocycles. The third kappa shape index (κ3) is 2.99. The van der Waals surface area contributed by atoms with Gasteiger partial charge in [0.25, 0.3) is 0 Å². The van der Waals surface area contributed by atoms with Gasteiger partial charge in [0.1, 0.15) is 0 Å². The Balaban J connectivity index is 2.20. The van der Waals surface area contributed by atoms with Crippen molar-refractivity contribution in [1.82, 2.24) is 9.29 Å². The summed E-state index contributed by atoms with van der Waals surface area (Å²) in [6.07, 6.45) is 4.39. The van der Waals surface area contributed by atoms with Crippen LogP contribution < -0.4 is 10.6 Å². The molecule has 1 fully saturated rings. The number of piperazine rings is 1. The number of hydrogen-bond donors (Lipinski definition) is 2. The fraction of sp³-hybridized carbons (Fsp3) is 0.455. The molecule has 8 nitrogen and oxygen atoms in total. The highest BCUT2D eigenvalue weighted by Crippen LogP contribution is 2.21. The topological polar surface area (TPSA) is 112 Å². The molecule has 20 heavy (non-hydrogen) atoms. The predicted molar refractivity (Wildman–Crippen MR) is 75.4 cm³/mol. The van der Waals surface area contributed by atoms with Gasteiger partial charge in [-0.3, -0.25) is 4.98 Å². The minimum Gasteiger partial charge on any atom is -0.409 e. The van der Waals surface area contributed by atoms with Gasteiger partial charge in [-0.1, -0.05) is 5.16 Å².